The number of benzene rings is 2. The zero-order chi connectivity index (χ0) is 18.8. The number of thiazole rings is 1. The van der Waals surface area contributed by atoms with Crippen LogP contribution in [0.5, 0.6) is 0 Å². The lowest BCUT2D eigenvalue weighted by Gasteiger charge is -2.37. The van der Waals surface area contributed by atoms with E-state index in [0.717, 1.165) is 21.2 Å². The maximum atomic E-state index is 12.4. The van der Waals surface area contributed by atoms with Crippen molar-refractivity contribution in [1.82, 2.24) is 9.88 Å². The Balaban J connectivity index is 1.32. The summed E-state index contributed by atoms with van der Waals surface area (Å²) in [6, 6.07) is 15.7. The molecule has 0 spiro atoms. The number of aromatic nitrogens is 1. The minimum Gasteiger partial charge on any atom is -0.443 e. The fourth-order valence-electron chi connectivity index (χ4n) is 2.83. The molecule has 8 heteroatoms. The van der Waals surface area contributed by atoms with Crippen LogP contribution in [0.2, 0.25) is 0 Å². The van der Waals surface area contributed by atoms with Crippen LogP contribution in [0.4, 0.5) is 4.79 Å². The summed E-state index contributed by atoms with van der Waals surface area (Å²) in [6.45, 7) is 0.772. The third kappa shape index (κ3) is 4.06. The van der Waals surface area contributed by atoms with Gasteiger partial charge in [0.15, 0.2) is 4.34 Å². The van der Waals surface area contributed by atoms with E-state index in [9.17, 15) is 9.59 Å². The summed E-state index contributed by atoms with van der Waals surface area (Å²) in [5.41, 5.74) is 7.76. The second kappa shape index (κ2) is 7.58. The zero-order valence-electron chi connectivity index (χ0n) is 14.3. The first-order valence-electron chi connectivity index (χ1n) is 8.41. The van der Waals surface area contributed by atoms with Gasteiger partial charge in [-0.05, 0) is 29.8 Å². The van der Waals surface area contributed by atoms with E-state index in [-0.39, 0.29) is 12.0 Å². The molecule has 0 atom stereocenters. The standard InChI is InChI=1S/C19H17N3O3S2/c20-18(24)25-14-9-22(10-14)17(23)13-7-5-12(6-8-13)11-26-19-21-15-3-1-2-4-16(15)27-19/h1-8,14H,9-11H2,(H2,20,24). The van der Waals surface area contributed by atoms with Crippen molar-refractivity contribution in [2.75, 3.05) is 13.1 Å². The predicted molar refractivity (Wildman–Crippen MR) is 106 cm³/mol. The molecule has 138 valence electrons. The first-order chi connectivity index (χ1) is 13.1. The monoisotopic (exact) mass is 399 g/mol. The summed E-state index contributed by atoms with van der Waals surface area (Å²) in [5.74, 6) is 0.733. The van der Waals surface area contributed by atoms with Crippen molar-refractivity contribution in [3.05, 3.63) is 59.7 Å². The Morgan fingerprint density at radius 3 is 2.63 bits per heavy atom. The molecule has 1 aromatic heterocycles. The predicted octanol–water partition coefficient (Wildman–Crippen LogP) is 3.51. The molecule has 2 aromatic carbocycles. The van der Waals surface area contributed by atoms with Gasteiger partial charge < -0.3 is 15.4 Å². The van der Waals surface area contributed by atoms with Gasteiger partial charge in [-0.1, -0.05) is 36.0 Å². The molecule has 2 amide bonds. The molecule has 0 bridgehead atoms. The maximum absolute atomic E-state index is 12.4. The summed E-state index contributed by atoms with van der Waals surface area (Å²) in [4.78, 5) is 29.3. The fraction of sp³-hybridized carbons (Fsp3) is 0.211. The lowest BCUT2D eigenvalue weighted by Crippen LogP contribution is -2.55. The van der Waals surface area contributed by atoms with Crippen molar-refractivity contribution < 1.29 is 14.3 Å². The minimum atomic E-state index is -0.804. The molecule has 6 nitrogen and oxygen atoms in total. The van der Waals surface area contributed by atoms with Gasteiger partial charge in [0.2, 0.25) is 0 Å². The van der Waals surface area contributed by atoms with Crippen LogP contribution in [0.3, 0.4) is 0 Å². The highest BCUT2D eigenvalue weighted by Crippen LogP contribution is 2.31. The number of para-hydroxylation sites is 1. The van der Waals surface area contributed by atoms with Crippen LogP contribution in [0.25, 0.3) is 10.2 Å². The largest absolute Gasteiger partial charge is 0.443 e. The lowest BCUT2D eigenvalue weighted by molar-refractivity contribution is -0.00353. The molecule has 0 unspecified atom stereocenters. The first kappa shape index (κ1) is 17.8. The SMILES string of the molecule is NC(=O)OC1CN(C(=O)c2ccc(CSc3nc4ccccc4s3)cc2)C1. The second-order valence-corrected chi connectivity index (χ2v) is 8.46. The summed E-state index contributed by atoms with van der Waals surface area (Å²) in [6.07, 6.45) is -1.10. The molecule has 4 rings (SSSR count). The number of primary amides is 1. The highest BCUT2D eigenvalue weighted by atomic mass is 32.2. The number of nitrogens with two attached hydrogens (primary N) is 1. The van der Waals surface area contributed by atoms with Crippen LogP contribution in [-0.2, 0) is 10.5 Å². The molecule has 0 radical (unpaired) electrons. The van der Waals surface area contributed by atoms with Crippen molar-refractivity contribution >= 4 is 45.3 Å². The molecular weight excluding hydrogens is 382 g/mol. The van der Waals surface area contributed by atoms with Gasteiger partial charge in [-0.2, -0.15) is 0 Å². The molecule has 1 aliphatic heterocycles. The van der Waals surface area contributed by atoms with E-state index in [1.54, 1.807) is 28.0 Å². The van der Waals surface area contributed by atoms with Gasteiger partial charge in [-0.3, -0.25) is 4.79 Å². The summed E-state index contributed by atoms with van der Waals surface area (Å²) >= 11 is 3.38. The summed E-state index contributed by atoms with van der Waals surface area (Å²) in [7, 11) is 0. The van der Waals surface area contributed by atoms with Gasteiger partial charge in [-0.15, -0.1) is 11.3 Å². The molecule has 0 aliphatic carbocycles. The number of carbonyl (C=O) groups excluding carboxylic acids is 2. The minimum absolute atomic E-state index is 0.0651. The maximum Gasteiger partial charge on any atom is 0.404 e. The molecular formula is C19H17N3O3S2. The molecule has 1 fully saturated rings. The Kier molecular flexibility index (Phi) is 5.00. The van der Waals surface area contributed by atoms with E-state index in [0.29, 0.717) is 18.7 Å². The van der Waals surface area contributed by atoms with Crippen LogP contribution < -0.4 is 5.73 Å². The summed E-state index contributed by atoms with van der Waals surface area (Å²) < 4.78 is 7.08. The number of rotatable bonds is 5. The van der Waals surface area contributed by atoms with Crippen molar-refractivity contribution in [2.24, 2.45) is 5.73 Å². The van der Waals surface area contributed by atoms with Crippen LogP contribution in [0, 0.1) is 0 Å². The van der Waals surface area contributed by atoms with Crippen molar-refractivity contribution in [3.63, 3.8) is 0 Å². The molecule has 0 saturated carbocycles. The third-order valence-electron chi connectivity index (χ3n) is 4.26. The average Bonchev–Trinajstić information content (AvgIpc) is 3.05. The number of thioether (sulfide) groups is 1. The summed E-state index contributed by atoms with van der Waals surface area (Å²) in [5, 5.41) is 0. The van der Waals surface area contributed by atoms with E-state index in [4.69, 9.17) is 10.5 Å². The van der Waals surface area contributed by atoms with Crippen LogP contribution in [-0.4, -0.2) is 41.1 Å². The lowest BCUT2D eigenvalue weighted by atomic mass is 10.1. The second-order valence-electron chi connectivity index (χ2n) is 6.20. The van der Waals surface area contributed by atoms with Gasteiger partial charge in [0.25, 0.3) is 5.91 Å². The quantitative estimate of drug-likeness (QED) is 0.664. The Hall–Kier alpha value is -2.58. The highest BCUT2D eigenvalue weighted by molar-refractivity contribution is 8.00. The number of hydrogen-bond acceptors (Lipinski definition) is 6. The van der Waals surface area contributed by atoms with E-state index in [1.165, 1.54) is 4.70 Å². The van der Waals surface area contributed by atoms with Crippen LogP contribution in [0.15, 0.2) is 52.9 Å². The topological polar surface area (TPSA) is 85.5 Å². The Labute approximate surface area is 164 Å². The highest BCUT2D eigenvalue weighted by Gasteiger charge is 2.33. The zero-order valence-corrected chi connectivity index (χ0v) is 16.0. The van der Waals surface area contributed by atoms with E-state index in [2.05, 4.69) is 11.1 Å². The van der Waals surface area contributed by atoms with Crippen molar-refractivity contribution in [2.45, 2.75) is 16.2 Å². The molecule has 27 heavy (non-hydrogen) atoms. The number of ether oxygens (including phenoxy) is 1. The number of carbonyl (C=O) groups is 2. The third-order valence-corrected chi connectivity index (χ3v) is 6.51. The molecule has 3 aromatic rings. The van der Waals surface area contributed by atoms with Crippen molar-refractivity contribution in [1.29, 1.82) is 0 Å². The van der Waals surface area contributed by atoms with Gasteiger partial charge in [0.05, 0.1) is 23.3 Å². The average molecular weight is 399 g/mol. The first-order valence-corrected chi connectivity index (χ1v) is 10.2. The number of nitrogens with zero attached hydrogens (tertiary/aromatic N) is 2. The van der Waals surface area contributed by atoms with Gasteiger partial charge >= 0.3 is 6.09 Å². The number of hydrogen-bond donors (Lipinski definition) is 1. The van der Waals surface area contributed by atoms with Crippen molar-refractivity contribution in [3.8, 4) is 0 Å². The van der Waals surface area contributed by atoms with E-state index < -0.39 is 6.09 Å². The number of likely N-dealkylation sites (tertiary alicyclic amines) is 1. The van der Waals surface area contributed by atoms with E-state index >= 15 is 0 Å². The van der Waals surface area contributed by atoms with Crippen LogP contribution in [0.1, 0.15) is 15.9 Å². The Bertz CT molecular complexity index is 948. The van der Waals surface area contributed by atoms with Crippen LogP contribution >= 0.6 is 23.1 Å². The normalized spacial score (nSPS) is 14.1. The molecule has 1 saturated heterocycles. The van der Waals surface area contributed by atoms with Gasteiger partial charge in [0.1, 0.15) is 6.10 Å². The fourth-order valence-corrected chi connectivity index (χ4v) is 4.85. The molecule has 1 aliphatic rings. The number of amides is 2. The van der Waals surface area contributed by atoms with Gasteiger partial charge in [0, 0.05) is 11.3 Å². The van der Waals surface area contributed by atoms with E-state index in [1.807, 2.05) is 42.5 Å². The molecule has 2 heterocycles. The Morgan fingerprint density at radius 2 is 1.93 bits per heavy atom. The number of fused-ring (bicyclic) bond motifs is 1. The smallest absolute Gasteiger partial charge is 0.404 e. The molecule has 2 N–H and O–H groups in total. The van der Waals surface area contributed by atoms with Gasteiger partial charge in [-0.25, -0.2) is 9.78 Å². The Morgan fingerprint density at radius 1 is 1.19 bits per heavy atom.